The molecular formula is C30H27Br3N6O6. The number of hydrogen-bond acceptors (Lipinski definition) is 6. The minimum atomic E-state index is -1.11. The second-order valence-electron chi connectivity index (χ2n) is 9.84. The van der Waals surface area contributed by atoms with Gasteiger partial charge in [-0.2, -0.15) is 0 Å². The quantitative estimate of drug-likeness (QED) is 0.0687. The Morgan fingerprint density at radius 3 is 1.91 bits per heavy atom. The number of aromatic nitrogens is 3. The number of nitrogens with one attached hydrogen (secondary N) is 3. The van der Waals surface area contributed by atoms with Crippen molar-refractivity contribution in [3.63, 3.8) is 0 Å². The van der Waals surface area contributed by atoms with E-state index in [4.69, 9.17) is 21.7 Å². The third kappa shape index (κ3) is 7.99. The van der Waals surface area contributed by atoms with Gasteiger partial charge >= 0.3 is 11.9 Å². The van der Waals surface area contributed by atoms with E-state index in [2.05, 4.69) is 74.9 Å². The average Bonchev–Trinajstić information content (AvgIpc) is 3.74. The number of carboxylic acid groups (broad SMARTS) is 2. The number of nitrogens with two attached hydrogens (primary N) is 2. The second-order valence-corrected chi connectivity index (χ2v) is 12.4. The maximum absolute atomic E-state index is 10.9. The summed E-state index contributed by atoms with van der Waals surface area (Å²) in [4.78, 5) is 40.9. The van der Waals surface area contributed by atoms with Gasteiger partial charge in [-0.25, -0.2) is 0 Å². The van der Waals surface area contributed by atoms with Crippen LogP contribution in [0.2, 0.25) is 0 Å². The Bertz CT molecular complexity index is 2000. The zero-order valence-electron chi connectivity index (χ0n) is 23.3. The van der Waals surface area contributed by atoms with Crippen LogP contribution in [0.25, 0.3) is 32.7 Å². The van der Waals surface area contributed by atoms with Crippen LogP contribution in [-0.2, 0) is 22.4 Å². The van der Waals surface area contributed by atoms with Crippen LogP contribution >= 0.6 is 47.8 Å². The van der Waals surface area contributed by atoms with Gasteiger partial charge in [0.05, 0.1) is 4.92 Å². The highest BCUT2D eigenvalue weighted by Gasteiger charge is 2.21. The molecule has 0 radical (unpaired) electrons. The fourth-order valence-electron chi connectivity index (χ4n) is 4.64. The highest BCUT2D eigenvalue weighted by molar-refractivity contribution is 9.11. The van der Waals surface area contributed by atoms with Crippen molar-refractivity contribution in [2.75, 3.05) is 0 Å². The molecule has 6 aromatic rings. The number of non-ortho nitro benzene ring substituents is 1. The summed E-state index contributed by atoms with van der Waals surface area (Å²) in [7, 11) is 0. The van der Waals surface area contributed by atoms with Gasteiger partial charge in [0.1, 0.15) is 17.6 Å². The molecule has 0 saturated heterocycles. The first-order valence-corrected chi connectivity index (χ1v) is 15.6. The van der Waals surface area contributed by atoms with Crippen molar-refractivity contribution in [1.29, 1.82) is 0 Å². The Balaban J connectivity index is 0.000000160. The van der Waals surface area contributed by atoms with Gasteiger partial charge in [0, 0.05) is 78.1 Å². The summed E-state index contributed by atoms with van der Waals surface area (Å²) in [5.74, 6) is -2.10. The van der Waals surface area contributed by atoms with Crippen molar-refractivity contribution >= 4 is 98.1 Å². The minimum absolute atomic E-state index is 0.0617. The summed E-state index contributed by atoms with van der Waals surface area (Å²) >= 11 is 10.2. The van der Waals surface area contributed by atoms with Crippen molar-refractivity contribution in [2.24, 2.45) is 11.5 Å². The number of halogens is 3. The molecule has 0 spiro atoms. The lowest BCUT2D eigenvalue weighted by Crippen LogP contribution is -2.32. The van der Waals surface area contributed by atoms with Crippen LogP contribution in [0.4, 0.5) is 5.69 Å². The zero-order chi connectivity index (χ0) is 32.8. The Morgan fingerprint density at radius 1 is 0.756 bits per heavy atom. The number of fused-ring (bicyclic) bond motifs is 3. The van der Waals surface area contributed by atoms with Gasteiger partial charge in [0.15, 0.2) is 0 Å². The van der Waals surface area contributed by atoms with Crippen LogP contribution in [0.1, 0.15) is 11.1 Å². The van der Waals surface area contributed by atoms with Gasteiger partial charge in [-0.3, -0.25) is 19.7 Å². The molecule has 0 saturated carbocycles. The largest absolute Gasteiger partial charge is 0.480 e. The van der Waals surface area contributed by atoms with Crippen LogP contribution in [0, 0.1) is 10.1 Å². The Morgan fingerprint density at radius 2 is 1.31 bits per heavy atom. The SMILES string of the molecule is Brc1cccc2[nH]ccc12.N[C@@H](Cc1c[nH]c2c([N+](=O)[O-])ccc(Br)c12)C(=O)O.N[C@@H](Cc1c[nH]c2cccc(Br)c12)C(=O)O. The van der Waals surface area contributed by atoms with E-state index in [1.807, 2.05) is 36.5 Å². The number of nitro groups is 1. The van der Waals surface area contributed by atoms with Gasteiger partial charge in [0.2, 0.25) is 0 Å². The summed E-state index contributed by atoms with van der Waals surface area (Å²) in [6.07, 6.45) is 5.70. The van der Waals surface area contributed by atoms with Crippen LogP contribution in [0.3, 0.4) is 0 Å². The third-order valence-corrected chi connectivity index (χ3v) is 8.85. The molecule has 0 aliphatic heterocycles. The number of aliphatic carboxylic acids is 2. The first-order valence-electron chi connectivity index (χ1n) is 13.2. The molecule has 3 heterocycles. The van der Waals surface area contributed by atoms with Crippen molar-refractivity contribution in [3.8, 4) is 0 Å². The summed E-state index contributed by atoms with van der Waals surface area (Å²) in [6, 6.07) is 15.0. The Hall–Kier alpha value is -4.02. The monoisotopic (exact) mass is 804 g/mol. The van der Waals surface area contributed by atoms with Crippen molar-refractivity contribution in [1.82, 2.24) is 15.0 Å². The van der Waals surface area contributed by atoms with E-state index >= 15 is 0 Å². The van der Waals surface area contributed by atoms with Gasteiger partial charge in [-0.1, -0.05) is 59.9 Å². The molecule has 15 heteroatoms. The lowest BCUT2D eigenvalue weighted by molar-refractivity contribution is -0.383. The Kier molecular flexibility index (Phi) is 11.2. The van der Waals surface area contributed by atoms with E-state index < -0.39 is 28.9 Å². The molecule has 3 aromatic heterocycles. The van der Waals surface area contributed by atoms with E-state index in [1.54, 1.807) is 18.5 Å². The van der Waals surface area contributed by atoms with Crippen LogP contribution in [-0.4, -0.2) is 54.1 Å². The smallest absolute Gasteiger partial charge is 0.320 e. The molecule has 0 aliphatic carbocycles. The molecule has 6 rings (SSSR count). The number of benzene rings is 3. The maximum atomic E-state index is 10.9. The summed E-state index contributed by atoms with van der Waals surface area (Å²) in [5, 5.41) is 31.3. The van der Waals surface area contributed by atoms with Crippen LogP contribution < -0.4 is 11.5 Å². The van der Waals surface area contributed by atoms with E-state index in [0.717, 1.165) is 25.4 Å². The highest BCUT2D eigenvalue weighted by Crippen LogP contribution is 2.34. The topological polar surface area (TPSA) is 217 Å². The molecule has 0 bridgehead atoms. The van der Waals surface area contributed by atoms with Gasteiger partial charge in [0.25, 0.3) is 5.69 Å². The van der Waals surface area contributed by atoms with E-state index in [-0.39, 0.29) is 12.1 Å². The van der Waals surface area contributed by atoms with Crippen LogP contribution in [0.5, 0.6) is 0 Å². The normalized spacial score (nSPS) is 12.2. The molecule has 9 N–H and O–H groups in total. The number of carbonyl (C=O) groups is 2. The number of aromatic amines is 3. The fraction of sp³-hybridized carbons (Fsp3) is 0.133. The van der Waals surface area contributed by atoms with E-state index in [0.29, 0.717) is 27.4 Å². The van der Waals surface area contributed by atoms with E-state index in [1.165, 1.54) is 17.0 Å². The first-order chi connectivity index (χ1) is 21.4. The minimum Gasteiger partial charge on any atom is -0.480 e. The molecule has 12 nitrogen and oxygen atoms in total. The average molecular weight is 807 g/mol. The number of hydrogen-bond donors (Lipinski definition) is 7. The van der Waals surface area contributed by atoms with Crippen molar-refractivity contribution in [3.05, 3.63) is 108 Å². The molecule has 0 unspecified atom stereocenters. The first kappa shape index (κ1) is 33.9. The van der Waals surface area contributed by atoms with Gasteiger partial charge < -0.3 is 36.6 Å². The highest BCUT2D eigenvalue weighted by atomic mass is 79.9. The van der Waals surface area contributed by atoms with Gasteiger partial charge in [-0.15, -0.1) is 0 Å². The molecule has 0 aliphatic rings. The van der Waals surface area contributed by atoms with E-state index in [9.17, 15) is 19.7 Å². The van der Waals surface area contributed by atoms with Crippen LogP contribution in [0.15, 0.2) is 86.6 Å². The summed E-state index contributed by atoms with van der Waals surface area (Å²) in [5.41, 5.74) is 15.0. The predicted molar refractivity (Wildman–Crippen MR) is 183 cm³/mol. The Labute approximate surface area is 280 Å². The number of carboxylic acids is 2. The lowest BCUT2D eigenvalue weighted by Gasteiger charge is -2.05. The number of H-pyrrole nitrogens is 3. The molecule has 45 heavy (non-hydrogen) atoms. The number of rotatable bonds is 7. The molecule has 2 atom stereocenters. The molecular weight excluding hydrogens is 780 g/mol. The number of nitrogens with zero attached hydrogens (tertiary/aromatic N) is 1. The molecule has 234 valence electrons. The number of nitro benzene ring substituents is 1. The van der Waals surface area contributed by atoms with Crippen molar-refractivity contribution in [2.45, 2.75) is 24.9 Å². The zero-order valence-corrected chi connectivity index (χ0v) is 28.0. The second kappa shape index (κ2) is 14.8. The molecule has 3 aromatic carbocycles. The summed E-state index contributed by atoms with van der Waals surface area (Å²) < 4.78 is 2.74. The standard InChI is InChI=1S/C11H10BrN3O4.C11H11BrN2O2.C8H6BrN/c12-6-1-2-8(15(18)19)10-9(6)5(4-14-10)3-7(13)11(16)17;12-7-2-1-3-9-10(7)6(5-14-9)4-8(13)11(15)16;9-7-2-1-3-8-6(7)4-5-10-8/h1-2,4,7,14H,3,13H2,(H,16,17);1-3,5,8,14H,4,13H2,(H,15,16);1-5,10H/t7-;8-;/m00./s1. The molecule has 0 amide bonds. The van der Waals surface area contributed by atoms with Gasteiger partial charge in [-0.05, 0) is 47.5 Å². The van der Waals surface area contributed by atoms with Crippen molar-refractivity contribution < 1.29 is 24.7 Å². The summed E-state index contributed by atoms with van der Waals surface area (Å²) in [6.45, 7) is 0. The fourth-order valence-corrected chi connectivity index (χ4v) is 6.34. The lowest BCUT2D eigenvalue weighted by atomic mass is 10.1. The predicted octanol–water partition coefficient (Wildman–Crippen LogP) is 6.61. The third-order valence-electron chi connectivity index (χ3n) is 6.83. The molecule has 0 fully saturated rings. The maximum Gasteiger partial charge on any atom is 0.320 e.